The van der Waals surface area contributed by atoms with Crippen LogP contribution in [0.3, 0.4) is 0 Å². The molecule has 0 unspecified atom stereocenters. The Morgan fingerprint density at radius 1 is 1.33 bits per heavy atom. The number of nitrogens with zero attached hydrogens (tertiary/aromatic N) is 2. The molecule has 1 aromatic rings. The Hall–Kier alpha value is -1.92. The van der Waals surface area contributed by atoms with Crippen molar-refractivity contribution in [1.29, 1.82) is 0 Å². The zero-order valence-electron chi connectivity index (χ0n) is 11.9. The molecule has 0 atom stereocenters. The van der Waals surface area contributed by atoms with E-state index in [2.05, 4.69) is 39.5 Å². The molecule has 6 heteroatoms. The summed E-state index contributed by atoms with van der Waals surface area (Å²) in [7, 11) is 0. The van der Waals surface area contributed by atoms with Crippen molar-refractivity contribution in [3.63, 3.8) is 0 Å². The molecule has 1 aliphatic heterocycles. The maximum Gasteiger partial charge on any atom is 0.187 e. The minimum atomic E-state index is 0.482. The number of hydrazone groups is 1. The first-order valence-electron chi connectivity index (χ1n) is 6.90. The van der Waals surface area contributed by atoms with Crippen LogP contribution in [0.4, 0.5) is 5.69 Å². The van der Waals surface area contributed by atoms with Crippen molar-refractivity contribution in [1.82, 2.24) is 10.7 Å². The van der Waals surface area contributed by atoms with Crippen LogP contribution in [0.5, 0.6) is 0 Å². The summed E-state index contributed by atoms with van der Waals surface area (Å²) in [6, 6.07) is 8.27. The van der Waals surface area contributed by atoms with Crippen LogP contribution in [0.2, 0.25) is 0 Å². The second-order valence-electron chi connectivity index (χ2n) is 4.56. The summed E-state index contributed by atoms with van der Waals surface area (Å²) in [4.78, 5) is 2.32. The summed E-state index contributed by atoms with van der Waals surface area (Å²) in [6.07, 6.45) is 3.48. The smallest absolute Gasteiger partial charge is 0.187 e. The van der Waals surface area contributed by atoms with Crippen molar-refractivity contribution in [2.45, 2.75) is 0 Å². The van der Waals surface area contributed by atoms with Gasteiger partial charge in [-0.25, -0.2) is 0 Å². The first kappa shape index (κ1) is 15.5. The summed E-state index contributed by atoms with van der Waals surface area (Å²) in [5, 5.41) is 7.51. The van der Waals surface area contributed by atoms with Crippen LogP contribution in [-0.2, 0) is 4.74 Å². The first-order valence-corrected chi connectivity index (χ1v) is 7.31. The first-order chi connectivity index (χ1) is 10.3. The highest BCUT2D eigenvalue weighted by atomic mass is 32.1. The number of ether oxygens (including phenoxy) is 1. The van der Waals surface area contributed by atoms with E-state index in [1.165, 1.54) is 5.69 Å². The molecule has 1 aromatic carbocycles. The highest BCUT2D eigenvalue weighted by Gasteiger charge is 2.10. The molecular formula is C15H20N4OS. The molecule has 0 saturated carbocycles. The molecule has 0 radical (unpaired) electrons. The number of rotatable bonds is 5. The van der Waals surface area contributed by atoms with E-state index in [4.69, 9.17) is 17.0 Å². The molecule has 1 aliphatic rings. The molecule has 112 valence electrons. The molecule has 0 spiro atoms. The normalized spacial score (nSPS) is 15.0. The second kappa shape index (κ2) is 8.39. The average molecular weight is 304 g/mol. The van der Waals surface area contributed by atoms with Gasteiger partial charge in [0.15, 0.2) is 5.11 Å². The van der Waals surface area contributed by atoms with Crippen LogP contribution in [0.15, 0.2) is 42.0 Å². The Morgan fingerprint density at radius 3 is 2.71 bits per heavy atom. The molecule has 1 heterocycles. The van der Waals surface area contributed by atoms with Crippen LogP contribution < -0.4 is 15.6 Å². The van der Waals surface area contributed by atoms with Gasteiger partial charge in [0.05, 0.1) is 19.4 Å². The largest absolute Gasteiger partial charge is 0.378 e. The van der Waals surface area contributed by atoms with E-state index >= 15 is 0 Å². The Bertz CT molecular complexity index is 495. The van der Waals surface area contributed by atoms with Crippen LogP contribution in [-0.4, -0.2) is 44.2 Å². The SMILES string of the molecule is C=CCNC(=S)N/N=C\c1ccc(N2CCOCC2)cc1. The average Bonchev–Trinajstić information content (AvgIpc) is 2.54. The van der Waals surface area contributed by atoms with E-state index in [-0.39, 0.29) is 0 Å². The number of anilines is 1. The monoisotopic (exact) mass is 304 g/mol. The predicted molar refractivity (Wildman–Crippen MR) is 91.0 cm³/mol. The zero-order valence-corrected chi connectivity index (χ0v) is 12.7. The van der Waals surface area contributed by atoms with Crippen molar-refractivity contribution in [2.75, 3.05) is 37.7 Å². The number of hydrogen-bond acceptors (Lipinski definition) is 4. The summed E-state index contributed by atoms with van der Waals surface area (Å²) in [6.45, 7) is 7.70. The van der Waals surface area contributed by atoms with Crippen molar-refractivity contribution in [3.05, 3.63) is 42.5 Å². The molecule has 21 heavy (non-hydrogen) atoms. The fraction of sp³-hybridized carbons (Fsp3) is 0.333. The van der Waals surface area contributed by atoms with E-state index in [1.54, 1.807) is 12.3 Å². The standard InChI is InChI=1S/C15H20N4OS/c1-2-7-16-15(21)18-17-12-13-3-5-14(6-4-13)19-8-10-20-11-9-19/h2-6,12H,1,7-11H2,(H2,16,18,21)/b17-12-. The van der Waals surface area contributed by atoms with Gasteiger partial charge in [0.2, 0.25) is 0 Å². The van der Waals surface area contributed by atoms with Gasteiger partial charge in [-0.05, 0) is 29.9 Å². The van der Waals surface area contributed by atoms with Gasteiger partial charge < -0.3 is 15.0 Å². The van der Waals surface area contributed by atoms with Gasteiger partial charge in [-0.3, -0.25) is 5.43 Å². The summed E-state index contributed by atoms with van der Waals surface area (Å²) < 4.78 is 5.35. The number of thiocarbonyl (C=S) groups is 1. The number of morpholine rings is 1. The van der Waals surface area contributed by atoms with E-state index in [1.807, 2.05) is 12.1 Å². The van der Waals surface area contributed by atoms with Gasteiger partial charge in [-0.15, -0.1) is 6.58 Å². The van der Waals surface area contributed by atoms with Gasteiger partial charge in [-0.2, -0.15) is 5.10 Å². The van der Waals surface area contributed by atoms with Gasteiger partial charge in [0.1, 0.15) is 0 Å². The van der Waals surface area contributed by atoms with E-state index in [9.17, 15) is 0 Å². The van der Waals surface area contributed by atoms with Crippen molar-refractivity contribution in [2.24, 2.45) is 5.10 Å². The molecule has 0 aromatic heterocycles. The van der Waals surface area contributed by atoms with Crippen LogP contribution in [0.25, 0.3) is 0 Å². The molecule has 1 saturated heterocycles. The molecule has 5 nitrogen and oxygen atoms in total. The number of benzene rings is 1. The minimum Gasteiger partial charge on any atom is -0.378 e. The van der Waals surface area contributed by atoms with Crippen molar-refractivity contribution < 1.29 is 4.74 Å². The van der Waals surface area contributed by atoms with Crippen LogP contribution in [0, 0.1) is 0 Å². The quantitative estimate of drug-likeness (QED) is 0.374. The summed E-state index contributed by atoms with van der Waals surface area (Å²) in [5.41, 5.74) is 4.99. The Labute approximate surface area is 130 Å². The third-order valence-corrected chi connectivity index (χ3v) is 3.29. The van der Waals surface area contributed by atoms with Crippen LogP contribution in [0.1, 0.15) is 5.56 Å². The molecule has 2 N–H and O–H groups in total. The lowest BCUT2D eigenvalue weighted by Crippen LogP contribution is -2.36. The van der Waals surface area contributed by atoms with Crippen molar-refractivity contribution >= 4 is 29.2 Å². The third kappa shape index (κ3) is 5.17. The number of hydrogen-bond donors (Lipinski definition) is 2. The van der Waals surface area contributed by atoms with Crippen LogP contribution >= 0.6 is 12.2 Å². The lowest BCUT2D eigenvalue weighted by atomic mass is 10.2. The topological polar surface area (TPSA) is 48.9 Å². The van der Waals surface area contributed by atoms with E-state index in [0.717, 1.165) is 31.9 Å². The minimum absolute atomic E-state index is 0.482. The molecule has 2 rings (SSSR count). The molecule has 0 aliphatic carbocycles. The Balaban J connectivity index is 1.84. The van der Waals surface area contributed by atoms with Crippen molar-refractivity contribution in [3.8, 4) is 0 Å². The maximum absolute atomic E-state index is 5.35. The fourth-order valence-electron chi connectivity index (χ4n) is 1.96. The lowest BCUT2D eigenvalue weighted by Gasteiger charge is -2.28. The molecule has 1 fully saturated rings. The molecular weight excluding hydrogens is 284 g/mol. The number of nitrogens with one attached hydrogen (secondary N) is 2. The summed E-state index contributed by atoms with van der Waals surface area (Å²) >= 11 is 5.04. The summed E-state index contributed by atoms with van der Waals surface area (Å²) in [5.74, 6) is 0. The van der Waals surface area contributed by atoms with Gasteiger partial charge >= 0.3 is 0 Å². The molecule has 0 bridgehead atoms. The molecule has 0 amide bonds. The Morgan fingerprint density at radius 2 is 2.05 bits per heavy atom. The Kier molecular flexibility index (Phi) is 6.18. The maximum atomic E-state index is 5.35. The van der Waals surface area contributed by atoms with Gasteiger partial charge in [0, 0.05) is 25.3 Å². The highest BCUT2D eigenvalue weighted by Crippen LogP contribution is 2.15. The van der Waals surface area contributed by atoms with E-state index < -0.39 is 0 Å². The van der Waals surface area contributed by atoms with E-state index in [0.29, 0.717) is 11.7 Å². The van der Waals surface area contributed by atoms with Gasteiger partial charge in [0.25, 0.3) is 0 Å². The highest BCUT2D eigenvalue weighted by molar-refractivity contribution is 7.80. The zero-order chi connectivity index (χ0) is 14.9. The predicted octanol–water partition coefficient (Wildman–Crippen LogP) is 1.51. The second-order valence-corrected chi connectivity index (χ2v) is 4.97. The van der Waals surface area contributed by atoms with Gasteiger partial charge in [-0.1, -0.05) is 18.2 Å². The lowest BCUT2D eigenvalue weighted by molar-refractivity contribution is 0.122. The fourth-order valence-corrected chi connectivity index (χ4v) is 2.10. The third-order valence-electron chi connectivity index (χ3n) is 3.06.